The van der Waals surface area contributed by atoms with Gasteiger partial charge in [0.15, 0.2) is 0 Å². The molecule has 1 saturated heterocycles. The maximum atomic E-state index is 14.0. The van der Waals surface area contributed by atoms with Gasteiger partial charge in [-0.1, -0.05) is 41.4 Å². The van der Waals surface area contributed by atoms with Crippen molar-refractivity contribution in [1.29, 1.82) is 0 Å². The van der Waals surface area contributed by atoms with Gasteiger partial charge in [-0.2, -0.15) is 0 Å². The number of nitrogens with one attached hydrogen (secondary N) is 3. The Morgan fingerprint density at radius 3 is 2.45 bits per heavy atom. The van der Waals surface area contributed by atoms with Crippen LogP contribution in [0.25, 0.3) is 11.4 Å². The van der Waals surface area contributed by atoms with Gasteiger partial charge in [-0.25, -0.2) is 4.98 Å². The molecule has 3 N–H and O–H groups in total. The minimum Gasteiger partial charge on any atom is -0.455 e. The molecule has 4 aromatic rings. The van der Waals surface area contributed by atoms with Crippen LogP contribution in [0, 0.1) is 0 Å². The van der Waals surface area contributed by atoms with Crippen LogP contribution in [-0.4, -0.2) is 102 Å². The van der Waals surface area contributed by atoms with Crippen molar-refractivity contribution in [2.24, 2.45) is 7.05 Å². The monoisotopic (exact) mass is 764 g/mol. The molecule has 0 radical (unpaired) electrons. The number of nitrogens with zero attached hydrogens (tertiary/aromatic N) is 5. The Labute approximate surface area is 322 Å². The van der Waals surface area contributed by atoms with Crippen molar-refractivity contribution in [3.8, 4) is 22.9 Å². The summed E-state index contributed by atoms with van der Waals surface area (Å²) in [6.07, 6.45) is 5.88. The van der Waals surface area contributed by atoms with Gasteiger partial charge in [0, 0.05) is 49.9 Å². The van der Waals surface area contributed by atoms with Crippen LogP contribution in [0.5, 0.6) is 11.5 Å². The van der Waals surface area contributed by atoms with Crippen LogP contribution in [0.2, 0.25) is 10.0 Å². The van der Waals surface area contributed by atoms with E-state index in [1.54, 1.807) is 30.2 Å². The molecule has 3 atom stereocenters. The van der Waals surface area contributed by atoms with Crippen molar-refractivity contribution in [2.75, 3.05) is 47.9 Å². The first-order valence-electron chi connectivity index (χ1n) is 17.7. The van der Waals surface area contributed by atoms with E-state index in [0.29, 0.717) is 41.1 Å². The number of rotatable bonds is 16. The number of amides is 2. The van der Waals surface area contributed by atoms with Crippen molar-refractivity contribution in [3.63, 3.8) is 0 Å². The van der Waals surface area contributed by atoms with Crippen molar-refractivity contribution < 1.29 is 19.1 Å². The summed E-state index contributed by atoms with van der Waals surface area (Å²) in [7, 11) is 9.32. The van der Waals surface area contributed by atoms with E-state index in [4.69, 9.17) is 32.7 Å². The maximum absolute atomic E-state index is 14.0. The Hall–Kier alpha value is -4.04. The molecule has 2 aromatic carbocycles. The molecular formula is C39H50Cl2N8O4. The lowest BCUT2D eigenvalue weighted by Crippen LogP contribution is -2.64. The molecule has 0 unspecified atom stereocenters. The standard InChI is InChI=1S/C39H50Cl2N8O4/c1-26(37(50)46-33(24-52-6)38(51)49(5)39(16-7-17-42-25-39)19-27-8-11-29(40)12-9-27)43-20-28-10-13-30(41)18-35(28)53-31-14-15-32(44-21-31)34-22-45-36(48(34)4)23-47(2)3/h8-15,18,21-22,26,33,42-43H,7,16-17,19-20,23-25H2,1-6H3,(H,46,50)/t26-,33-,39+/m0/s1. The van der Waals surface area contributed by atoms with Gasteiger partial charge in [0.25, 0.3) is 0 Å². The number of benzene rings is 2. The molecule has 5 rings (SSSR count). The zero-order chi connectivity index (χ0) is 38.1. The van der Waals surface area contributed by atoms with Crippen LogP contribution in [0.15, 0.2) is 67.0 Å². The summed E-state index contributed by atoms with van der Waals surface area (Å²) in [6.45, 7) is 4.33. The number of likely N-dealkylation sites (N-methyl/N-ethyl adjacent to an activating group) is 1. The number of halogens is 2. The van der Waals surface area contributed by atoms with E-state index < -0.39 is 17.6 Å². The average molecular weight is 766 g/mol. The van der Waals surface area contributed by atoms with Gasteiger partial charge < -0.3 is 39.8 Å². The van der Waals surface area contributed by atoms with E-state index in [-0.39, 0.29) is 18.4 Å². The quantitative estimate of drug-likeness (QED) is 0.143. The number of ether oxygens (including phenoxy) is 2. The highest BCUT2D eigenvalue weighted by molar-refractivity contribution is 6.31. The predicted octanol–water partition coefficient (Wildman–Crippen LogP) is 5.08. The first-order valence-corrected chi connectivity index (χ1v) is 18.5. The van der Waals surface area contributed by atoms with Gasteiger partial charge in [0.05, 0.1) is 48.5 Å². The largest absolute Gasteiger partial charge is 0.455 e. The van der Waals surface area contributed by atoms with E-state index in [2.05, 4.69) is 30.8 Å². The number of aromatic nitrogens is 3. The lowest BCUT2D eigenvalue weighted by atomic mass is 9.82. The number of hydrogen-bond acceptors (Lipinski definition) is 9. The molecule has 3 heterocycles. The third-order valence-corrected chi connectivity index (χ3v) is 10.2. The highest BCUT2D eigenvalue weighted by atomic mass is 35.5. The van der Waals surface area contributed by atoms with Crippen molar-refractivity contribution >= 4 is 35.0 Å². The zero-order valence-electron chi connectivity index (χ0n) is 31.3. The van der Waals surface area contributed by atoms with Gasteiger partial charge in [-0.15, -0.1) is 0 Å². The Kier molecular flexibility index (Phi) is 13.9. The molecule has 0 spiro atoms. The third kappa shape index (κ3) is 10.3. The summed E-state index contributed by atoms with van der Waals surface area (Å²) in [5, 5.41) is 10.8. The van der Waals surface area contributed by atoms with Gasteiger partial charge in [0.2, 0.25) is 11.8 Å². The van der Waals surface area contributed by atoms with E-state index >= 15 is 0 Å². The molecule has 1 fully saturated rings. The molecule has 2 aromatic heterocycles. The van der Waals surface area contributed by atoms with Crippen molar-refractivity contribution in [1.82, 2.24) is 40.3 Å². The first kappa shape index (κ1) is 40.2. The second-order valence-electron chi connectivity index (χ2n) is 13.9. The topological polar surface area (TPSA) is 126 Å². The third-order valence-electron chi connectivity index (χ3n) is 9.68. The molecular weight excluding hydrogens is 715 g/mol. The van der Waals surface area contributed by atoms with Crippen molar-refractivity contribution in [2.45, 2.75) is 56.9 Å². The van der Waals surface area contributed by atoms with Gasteiger partial charge in [0.1, 0.15) is 23.4 Å². The number of piperidine rings is 1. The average Bonchev–Trinajstić information content (AvgIpc) is 3.50. The number of carbonyl (C=O) groups is 2. The molecule has 284 valence electrons. The Morgan fingerprint density at radius 2 is 1.79 bits per heavy atom. The first-order chi connectivity index (χ1) is 25.4. The van der Waals surface area contributed by atoms with E-state index in [9.17, 15) is 9.59 Å². The summed E-state index contributed by atoms with van der Waals surface area (Å²) in [6, 6.07) is 15.3. The fourth-order valence-electron chi connectivity index (χ4n) is 6.56. The number of hydrogen-bond donors (Lipinski definition) is 3. The maximum Gasteiger partial charge on any atom is 0.247 e. The predicted molar refractivity (Wildman–Crippen MR) is 208 cm³/mol. The molecule has 0 bridgehead atoms. The number of pyridine rings is 1. The zero-order valence-corrected chi connectivity index (χ0v) is 32.8. The van der Waals surface area contributed by atoms with E-state index in [1.165, 1.54) is 7.11 Å². The fourth-order valence-corrected chi connectivity index (χ4v) is 6.84. The van der Waals surface area contributed by atoms with E-state index in [1.807, 2.05) is 81.4 Å². The molecule has 14 heteroatoms. The highest BCUT2D eigenvalue weighted by Gasteiger charge is 2.41. The molecule has 53 heavy (non-hydrogen) atoms. The molecule has 1 aliphatic rings. The van der Waals surface area contributed by atoms with Gasteiger partial charge in [-0.3, -0.25) is 14.6 Å². The summed E-state index contributed by atoms with van der Waals surface area (Å²) < 4.78 is 13.7. The van der Waals surface area contributed by atoms with Gasteiger partial charge >= 0.3 is 0 Å². The van der Waals surface area contributed by atoms with Gasteiger partial charge in [-0.05, 0) is 88.8 Å². The lowest BCUT2D eigenvalue weighted by molar-refractivity contribution is -0.142. The molecule has 1 aliphatic heterocycles. The second-order valence-corrected chi connectivity index (χ2v) is 14.8. The smallest absolute Gasteiger partial charge is 0.247 e. The SMILES string of the molecule is COC[C@H](NC(=O)[C@H](C)NCc1ccc(Cl)cc1Oc1ccc(-c2cnc(CN(C)C)n2C)nc1)C(=O)N(C)[C@@]1(Cc2ccc(Cl)cc2)CCCNC1. The lowest BCUT2D eigenvalue weighted by Gasteiger charge is -2.46. The van der Waals surface area contributed by atoms with Crippen molar-refractivity contribution in [3.05, 3.63) is 94.0 Å². The van der Waals surface area contributed by atoms with Crippen LogP contribution in [0.3, 0.4) is 0 Å². The van der Waals surface area contributed by atoms with Crippen LogP contribution >= 0.6 is 23.2 Å². The van der Waals surface area contributed by atoms with Crippen LogP contribution < -0.4 is 20.7 Å². The molecule has 12 nitrogen and oxygen atoms in total. The summed E-state index contributed by atoms with van der Waals surface area (Å²) >= 11 is 12.5. The Balaban J connectivity index is 1.22. The molecule has 0 saturated carbocycles. The summed E-state index contributed by atoms with van der Waals surface area (Å²) in [5.41, 5.74) is 3.07. The molecule has 0 aliphatic carbocycles. The van der Waals surface area contributed by atoms with E-state index in [0.717, 1.165) is 54.3 Å². The fraction of sp³-hybridized carbons (Fsp3) is 0.436. The Bertz CT molecular complexity index is 1830. The summed E-state index contributed by atoms with van der Waals surface area (Å²) in [5.74, 6) is 1.46. The minimum absolute atomic E-state index is 0.0337. The number of carbonyl (C=O) groups excluding carboxylic acids is 2. The number of imidazole rings is 1. The number of methoxy groups -OCH3 is 1. The summed E-state index contributed by atoms with van der Waals surface area (Å²) in [4.78, 5) is 40.6. The van der Waals surface area contributed by atoms with Crippen LogP contribution in [-0.2, 0) is 40.9 Å². The molecule has 2 amide bonds. The van der Waals surface area contributed by atoms with Crippen LogP contribution in [0.1, 0.15) is 36.7 Å². The Morgan fingerprint density at radius 1 is 1.04 bits per heavy atom. The van der Waals surface area contributed by atoms with Crippen LogP contribution in [0.4, 0.5) is 0 Å². The minimum atomic E-state index is -0.874. The highest BCUT2D eigenvalue weighted by Crippen LogP contribution is 2.31. The second kappa shape index (κ2) is 18.3. The normalized spacial score (nSPS) is 17.0.